The van der Waals surface area contributed by atoms with Crippen molar-refractivity contribution in [3.8, 4) is 5.88 Å². The van der Waals surface area contributed by atoms with Gasteiger partial charge in [0.05, 0.1) is 18.5 Å². The van der Waals surface area contributed by atoms with E-state index < -0.39 is 0 Å². The molecule has 1 heterocycles. The highest BCUT2D eigenvalue weighted by Gasteiger charge is 2.11. The lowest BCUT2D eigenvalue weighted by Crippen LogP contribution is -2.12. The Morgan fingerprint density at radius 1 is 1.38 bits per heavy atom. The van der Waals surface area contributed by atoms with Crippen LogP contribution >= 0.6 is 15.9 Å². The van der Waals surface area contributed by atoms with Crippen molar-refractivity contribution in [2.45, 2.75) is 38.4 Å². The van der Waals surface area contributed by atoms with E-state index in [0.29, 0.717) is 23.2 Å². The van der Waals surface area contributed by atoms with Crippen LogP contribution in [0.1, 0.15) is 32.9 Å². The van der Waals surface area contributed by atoms with E-state index in [1.807, 2.05) is 0 Å². The first kappa shape index (κ1) is 13.4. The first-order valence-corrected chi connectivity index (χ1v) is 6.62. The van der Waals surface area contributed by atoms with E-state index in [0.717, 1.165) is 18.5 Å². The van der Waals surface area contributed by atoms with Gasteiger partial charge in [0, 0.05) is 17.4 Å². The Morgan fingerprint density at radius 2 is 2.12 bits per heavy atom. The third kappa shape index (κ3) is 4.47. The van der Waals surface area contributed by atoms with E-state index in [9.17, 15) is 0 Å². The third-order valence-electron chi connectivity index (χ3n) is 2.24. The number of hydrogen-bond donors (Lipinski definition) is 0. The van der Waals surface area contributed by atoms with Crippen molar-refractivity contribution in [3.63, 3.8) is 0 Å². The molecule has 0 radical (unpaired) electrons. The Hall–Kier alpha value is -0.640. The quantitative estimate of drug-likeness (QED) is 0.753. The highest BCUT2D eigenvalue weighted by Crippen LogP contribution is 2.17. The van der Waals surface area contributed by atoms with Crippen molar-refractivity contribution >= 4 is 15.9 Å². The minimum absolute atomic E-state index is 0.434. The lowest BCUT2D eigenvalue weighted by Gasteiger charge is -2.13. The molecule has 1 rings (SSSR count). The van der Waals surface area contributed by atoms with Gasteiger partial charge in [-0.25, -0.2) is 4.98 Å². The fraction of sp³-hybridized carbons (Fsp3) is 0.667. The summed E-state index contributed by atoms with van der Waals surface area (Å²) < 4.78 is 5.45. The van der Waals surface area contributed by atoms with Crippen LogP contribution in [0.15, 0.2) is 12.4 Å². The third-order valence-corrected chi connectivity index (χ3v) is 3.62. The molecular weight excluding hydrogens is 268 g/mol. The molecule has 0 amide bonds. The Bertz CT molecular complexity index is 318. The van der Waals surface area contributed by atoms with Gasteiger partial charge < -0.3 is 4.74 Å². The monoisotopic (exact) mass is 286 g/mol. The van der Waals surface area contributed by atoms with E-state index in [2.05, 4.69) is 46.7 Å². The van der Waals surface area contributed by atoms with E-state index in [1.54, 1.807) is 12.4 Å². The maximum Gasteiger partial charge on any atom is 0.232 e. The second-order valence-electron chi connectivity index (χ2n) is 4.16. The predicted molar refractivity (Wildman–Crippen MR) is 69.1 cm³/mol. The molecule has 1 unspecified atom stereocenters. The van der Waals surface area contributed by atoms with Crippen molar-refractivity contribution in [2.75, 3.05) is 6.61 Å². The van der Waals surface area contributed by atoms with Crippen molar-refractivity contribution in [1.29, 1.82) is 0 Å². The summed E-state index contributed by atoms with van der Waals surface area (Å²) in [6, 6.07) is 0. The van der Waals surface area contributed by atoms with Crippen molar-refractivity contribution in [2.24, 2.45) is 5.92 Å². The second-order valence-corrected chi connectivity index (χ2v) is 5.34. The van der Waals surface area contributed by atoms with Gasteiger partial charge in [0.2, 0.25) is 5.88 Å². The zero-order chi connectivity index (χ0) is 12.0. The number of alkyl halides is 1. The van der Waals surface area contributed by atoms with E-state index >= 15 is 0 Å². The molecule has 1 aromatic rings. The van der Waals surface area contributed by atoms with E-state index in [-0.39, 0.29) is 0 Å². The van der Waals surface area contributed by atoms with Gasteiger partial charge in [0.25, 0.3) is 0 Å². The topological polar surface area (TPSA) is 35.0 Å². The summed E-state index contributed by atoms with van der Waals surface area (Å²) in [6.45, 7) is 7.14. The van der Waals surface area contributed by atoms with Gasteiger partial charge in [0.15, 0.2) is 0 Å². The molecule has 0 saturated heterocycles. The Labute approximate surface area is 106 Å². The SMILES string of the molecule is CCCOc1cncc(CC(Br)C(C)C)n1. The minimum atomic E-state index is 0.434. The number of ether oxygens (including phenoxy) is 1. The Balaban J connectivity index is 2.59. The maximum atomic E-state index is 5.45. The first-order valence-electron chi connectivity index (χ1n) is 5.71. The largest absolute Gasteiger partial charge is 0.477 e. The standard InChI is InChI=1S/C12H19BrN2O/c1-4-5-16-12-8-14-7-10(15-12)6-11(13)9(2)3/h7-9,11H,4-6H2,1-3H3. The molecule has 4 heteroatoms. The molecule has 0 saturated carbocycles. The number of nitrogens with zero attached hydrogens (tertiary/aromatic N) is 2. The molecule has 0 N–H and O–H groups in total. The normalized spacial score (nSPS) is 12.8. The Morgan fingerprint density at radius 3 is 2.75 bits per heavy atom. The minimum Gasteiger partial charge on any atom is -0.477 e. The van der Waals surface area contributed by atoms with Gasteiger partial charge >= 0.3 is 0 Å². The molecule has 0 fully saturated rings. The van der Waals surface area contributed by atoms with Crippen molar-refractivity contribution in [3.05, 3.63) is 18.1 Å². The van der Waals surface area contributed by atoms with Crippen molar-refractivity contribution in [1.82, 2.24) is 9.97 Å². The molecule has 0 aliphatic rings. The smallest absolute Gasteiger partial charge is 0.232 e. The van der Waals surface area contributed by atoms with Crippen LogP contribution in [-0.2, 0) is 6.42 Å². The average molecular weight is 287 g/mol. The van der Waals surface area contributed by atoms with Crippen LogP contribution in [0.3, 0.4) is 0 Å². The molecular formula is C12H19BrN2O. The summed E-state index contributed by atoms with van der Waals surface area (Å²) in [5, 5.41) is 0. The van der Waals surface area contributed by atoms with E-state index in [4.69, 9.17) is 4.74 Å². The van der Waals surface area contributed by atoms with Gasteiger partial charge in [-0.05, 0) is 12.3 Å². The predicted octanol–water partition coefficient (Wildman–Crippen LogP) is 3.23. The summed E-state index contributed by atoms with van der Waals surface area (Å²) in [4.78, 5) is 8.99. The summed E-state index contributed by atoms with van der Waals surface area (Å²) in [5.41, 5.74) is 0.976. The molecule has 1 atom stereocenters. The summed E-state index contributed by atoms with van der Waals surface area (Å²) in [7, 11) is 0. The molecule has 3 nitrogen and oxygen atoms in total. The average Bonchev–Trinajstić information content (AvgIpc) is 2.26. The number of halogens is 1. The molecule has 0 aliphatic heterocycles. The number of rotatable bonds is 6. The van der Waals surface area contributed by atoms with Crippen LogP contribution in [0, 0.1) is 5.92 Å². The van der Waals surface area contributed by atoms with E-state index in [1.165, 1.54) is 0 Å². The van der Waals surface area contributed by atoms with Gasteiger partial charge in [-0.1, -0.05) is 36.7 Å². The molecule has 1 aromatic heterocycles. The molecule has 0 bridgehead atoms. The van der Waals surface area contributed by atoms with Crippen LogP contribution in [0.5, 0.6) is 5.88 Å². The van der Waals surface area contributed by atoms with Crippen LogP contribution < -0.4 is 4.74 Å². The molecule has 90 valence electrons. The number of aromatic nitrogens is 2. The van der Waals surface area contributed by atoms with Crippen molar-refractivity contribution < 1.29 is 4.74 Å². The fourth-order valence-corrected chi connectivity index (χ4v) is 1.53. The van der Waals surface area contributed by atoms with Crippen LogP contribution in [-0.4, -0.2) is 21.4 Å². The summed E-state index contributed by atoms with van der Waals surface area (Å²) >= 11 is 3.65. The first-order chi connectivity index (χ1) is 7.63. The van der Waals surface area contributed by atoms with Gasteiger partial charge in [0.1, 0.15) is 0 Å². The highest BCUT2D eigenvalue weighted by atomic mass is 79.9. The fourth-order valence-electron chi connectivity index (χ4n) is 1.20. The zero-order valence-electron chi connectivity index (χ0n) is 10.1. The molecule has 0 aromatic carbocycles. The van der Waals surface area contributed by atoms with Crippen LogP contribution in [0.2, 0.25) is 0 Å². The Kier molecular flexibility index (Phi) is 5.74. The second kappa shape index (κ2) is 6.84. The van der Waals surface area contributed by atoms with Crippen LogP contribution in [0.4, 0.5) is 0 Å². The molecule has 16 heavy (non-hydrogen) atoms. The van der Waals surface area contributed by atoms with Gasteiger partial charge in [-0.15, -0.1) is 0 Å². The summed E-state index contributed by atoms with van der Waals surface area (Å²) in [6.07, 6.45) is 5.33. The zero-order valence-corrected chi connectivity index (χ0v) is 11.7. The lowest BCUT2D eigenvalue weighted by molar-refractivity contribution is 0.302. The highest BCUT2D eigenvalue weighted by molar-refractivity contribution is 9.09. The number of hydrogen-bond acceptors (Lipinski definition) is 3. The van der Waals surface area contributed by atoms with Crippen LogP contribution in [0.25, 0.3) is 0 Å². The van der Waals surface area contributed by atoms with Gasteiger partial charge in [-0.2, -0.15) is 0 Å². The summed E-state index contributed by atoms with van der Waals surface area (Å²) in [5.74, 6) is 1.21. The van der Waals surface area contributed by atoms with Gasteiger partial charge in [-0.3, -0.25) is 4.98 Å². The lowest BCUT2D eigenvalue weighted by atomic mass is 10.1. The molecule has 0 spiro atoms. The molecule has 0 aliphatic carbocycles. The maximum absolute atomic E-state index is 5.45.